The van der Waals surface area contributed by atoms with Crippen molar-refractivity contribution in [1.29, 1.82) is 0 Å². The molecule has 0 amide bonds. The summed E-state index contributed by atoms with van der Waals surface area (Å²) in [6, 6.07) is 7.19. The zero-order valence-electron chi connectivity index (χ0n) is 9.34. The van der Waals surface area contributed by atoms with Crippen LogP contribution in [-0.2, 0) is 14.9 Å². The molecule has 1 aromatic carbocycles. The van der Waals surface area contributed by atoms with E-state index in [-0.39, 0.29) is 35.1 Å². The van der Waals surface area contributed by atoms with Gasteiger partial charge in [0, 0.05) is 29.6 Å². The van der Waals surface area contributed by atoms with Crippen LogP contribution in [0.1, 0.15) is 10.4 Å². The summed E-state index contributed by atoms with van der Waals surface area (Å²) in [7, 11) is -5.59. The van der Waals surface area contributed by atoms with Crippen molar-refractivity contribution in [2.45, 2.75) is 5.25 Å². The van der Waals surface area contributed by atoms with Gasteiger partial charge in [-0.05, 0) is 12.1 Å². The topological polar surface area (TPSA) is 80.7 Å². The first-order chi connectivity index (χ1) is 7.74. The summed E-state index contributed by atoms with van der Waals surface area (Å²) in [5.74, 6) is -1.10. The minimum atomic E-state index is -5.59. The second kappa shape index (κ2) is 6.58. The summed E-state index contributed by atoms with van der Waals surface area (Å²) in [5.41, 5.74) is -0.00126. The Labute approximate surface area is 124 Å². The third kappa shape index (κ3) is 4.62. The Hall–Kier alpha value is -0.540. The number of carbonyl (C=O) groups excluding carboxylic acids is 1. The molecular formula is C9H8F2NaO5S. The van der Waals surface area contributed by atoms with Gasteiger partial charge in [-0.2, -0.15) is 17.2 Å². The molecule has 0 aliphatic heterocycles. The van der Waals surface area contributed by atoms with E-state index in [9.17, 15) is 22.0 Å². The quantitative estimate of drug-likeness (QED) is 0.507. The van der Waals surface area contributed by atoms with Gasteiger partial charge in [-0.1, -0.05) is 18.2 Å². The summed E-state index contributed by atoms with van der Waals surface area (Å²) in [6.45, 7) is -1.74. The van der Waals surface area contributed by atoms with Gasteiger partial charge in [0.15, 0.2) is 6.61 Å². The first-order valence-electron chi connectivity index (χ1n) is 4.31. The van der Waals surface area contributed by atoms with Crippen molar-refractivity contribution in [3.8, 4) is 0 Å². The predicted octanol–water partition coefficient (Wildman–Crippen LogP) is 0.943. The van der Waals surface area contributed by atoms with E-state index in [1.54, 1.807) is 6.07 Å². The van der Waals surface area contributed by atoms with Crippen LogP contribution in [0.2, 0.25) is 0 Å². The molecule has 0 aliphatic carbocycles. The molecule has 1 radical (unpaired) electrons. The molecule has 9 heteroatoms. The smallest absolute Gasteiger partial charge is 0.402 e. The van der Waals surface area contributed by atoms with Crippen molar-refractivity contribution in [2.75, 3.05) is 6.61 Å². The summed E-state index contributed by atoms with van der Waals surface area (Å²) >= 11 is 0. The van der Waals surface area contributed by atoms with E-state index in [1.165, 1.54) is 24.3 Å². The van der Waals surface area contributed by atoms with Crippen LogP contribution in [0.15, 0.2) is 30.3 Å². The van der Waals surface area contributed by atoms with Crippen molar-refractivity contribution in [3.63, 3.8) is 0 Å². The Morgan fingerprint density at radius 3 is 2.22 bits per heavy atom. The number of benzene rings is 1. The number of alkyl halides is 2. The number of halogens is 2. The number of rotatable bonds is 4. The molecule has 1 rings (SSSR count). The fourth-order valence-corrected chi connectivity index (χ4v) is 1.09. The van der Waals surface area contributed by atoms with E-state index >= 15 is 0 Å². The van der Waals surface area contributed by atoms with Gasteiger partial charge in [-0.15, -0.1) is 0 Å². The molecule has 0 aromatic heterocycles. The average molecular weight is 289 g/mol. The molecule has 0 saturated carbocycles. The maximum atomic E-state index is 12.7. The first kappa shape index (κ1) is 17.5. The minimum absolute atomic E-state index is 0. The Morgan fingerprint density at radius 1 is 1.28 bits per heavy atom. The van der Waals surface area contributed by atoms with Crippen molar-refractivity contribution in [1.82, 2.24) is 0 Å². The molecule has 95 valence electrons. The first-order valence-corrected chi connectivity index (χ1v) is 5.75. The Balaban J connectivity index is 0.00000289. The van der Waals surface area contributed by atoms with E-state index in [0.717, 1.165) is 0 Å². The van der Waals surface area contributed by atoms with Gasteiger partial charge in [-0.3, -0.25) is 4.55 Å². The van der Waals surface area contributed by atoms with Crippen molar-refractivity contribution in [3.05, 3.63) is 35.9 Å². The van der Waals surface area contributed by atoms with E-state index in [0.29, 0.717) is 0 Å². The van der Waals surface area contributed by atoms with Crippen molar-refractivity contribution >= 4 is 45.6 Å². The van der Waals surface area contributed by atoms with Crippen molar-refractivity contribution in [2.24, 2.45) is 0 Å². The third-order valence-corrected chi connectivity index (χ3v) is 2.63. The second-order valence-electron chi connectivity index (χ2n) is 3.05. The average Bonchev–Trinajstić information content (AvgIpc) is 2.25. The zero-order chi connectivity index (χ0) is 13.1. The van der Waals surface area contributed by atoms with Crippen LogP contribution >= 0.6 is 0 Å². The predicted molar refractivity (Wildman–Crippen MR) is 59.0 cm³/mol. The number of carbonyl (C=O) groups is 1. The van der Waals surface area contributed by atoms with Crippen LogP contribution in [0, 0.1) is 0 Å². The Bertz CT molecular complexity index is 503. The van der Waals surface area contributed by atoms with E-state index in [1.807, 2.05) is 0 Å². The molecule has 5 nitrogen and oxygen atoms in total. The number of ether oxygens (including phenoxy) is 1. The molecule has 0 fully saturated rings. The number of esters is 1. The molecule has 18 heavy (non-hydrogen) atoms. The van der Waals surface area contributed by atoms with Crippen LogP contribution in [0.3, 0.4) is 0 Å². The summed E-state index contributed by atoms with van der Waals surface area (Å²) in [6.07, 6.45) is 0. The number of hydrogen-bond acceptors (Lipinski definition) is 4. The van der Waals surface area contributed by atoms with Crippen LogP contribution in [0.5, 0.6) is 0 Å². The normalized spacial score (nSPS) is 11.5. The molecule has 0 bridgehead atoms. The van der Waals surface area contributed by atoms with Crippen LogP contribution in [-0.4, -0.2) is 60.4 Å². The maximum Gasteiger partial charge on any atom is 0.402 e. The van der Waals surface area contributed by atoms with Gasteiger partial charge in [-0.25, -0.2) is 4.79 Å². The molecule has 0 aliphatic rings. The van der Waals surface area contributed by atoms with Gasteiger partial charge in [0.05, 0.1) is 5.56 Å². The van der Waals surface area contributed by atoms with Crippen LogP contribution in [0.4, 0.5) is 8.78 Å². The molecule has 0 unspecified atom stereocenters. The SMILES string of the molecule is O=C(OCC(F)(F)S(=O)(=O)O)c1ccccc1.[Na]. The van der Waals surface area contributed by atoms with Gasteiger partial charge >= 0.3 is 21.3 Å². The fourth-order valence-electron chi connectivity index (χ4n) is 0.882. The monoisotopic (exact) mass is 289 g/mol. The van der Waals surface area contributed by atoms with E-state index in [4.69, 9.17) is 4.55 Å². The third-order valence-electron chi connectivity index (χ3n) is 1.76. The summed E-state index contributed by atoms with van der Waals surface area (Å²) in [5, 5.41) is -4.52. The molecule has 1 aromatic rings. The zero-order valence-corrected chi connectivity index (χ0v) is 12.2. The second-order valence-corrected chi connectivity index (χ2v) is 4.60. The summed E-state index contributed by atoms with van der Waals surface area (Å²) < 4.78 is 58.1. The Kier molecular flexibility index (Phi) is 6.38. The molecule has 0 atom stereocenters. The maximum absolute atomic E-state index is 12.7. The molecule has 0 heterocycles. The van der Waals surface area contributed by atoms with Crippen LogP contribution in [0.25, 0.3) is 0 Å². The molecule has 1 N–H and O–H groups in total. The van der Waals surface area contributed by atoms with E-state index < -0.39 is 27.9 Å². The standard InChI is InChI=1S/C9H8F2O5S.Na/c10-9(11,17(13,14)15)6-16-8(12)7-4-2-1-3-5-7;/h1-5H,6H2,(H,13,14,15);. The van der Waals surface area contributed by atoms with Gasteiger partial charge in [0.1, 0.15) is 0 Å². The van der Waals surface area contributed by atoms with E-state index in [2.05, 4.69) is 4.74 Å². The van der Waals surface area contributed by atoms with Gasteiger partial charge in [0.2, 0.25) is 0 Å². The Morgan fingerprint density at radius 2 is 1.78 bits per heavy atom. The molecular weight excluding hydrogens is 281 g/mol. The fraction of sp³-hybridized carbons (Fsp3) is 0.222. The van der Waals surface area contributed by atoms with Crippen molar-refractivity contribution < 1.29 is 31.3 Å². The van der Waals surface area contributed by atoms with Gasteiger partial charge in [0.25, 0.3) is 0 Å². The van der Waals surface area contributed by atoms with Crippen LogP contribution < -0.4 is 0 Å². The molecule has 0 spiro atoms. The number of hydrogen-bond donors (Lipinski definition) is 1. The summed E-state index contributed by atoms with van der Waals surface area (Å²) in [4.78, 5) is 11.2. The minimum Gasteiger partial charge on any atom is -0.454 e. The largest absolute Gasteiger partial charge is 0.454 e. The molecule has 0 saturated heterocycles. The van der Waals surface area contributed by atoms with Gasteiger partial charge < -0.3 is 4.74 Å².